The average Bonchev–Trinajstić information content (AvgIpc) is 2.42. The molecule has 21 heavy (non-hydrogen) atoms. The first-order chi connectivity index (χ1) is 9.88. The van der Waals surface area contributed by atoms with Gasteiger partial charge in [-0.1, -0.05) is 12.1 Å². The third-order valence-corrected chi connectivity index (χ3v) is 3.18. The predicted octanol–water partition coefficient (Wildman–Crippen LogP) is 2.69. The lowest BCUT2D eigenvalue weighted by Gasteiger charge is -2.18. The van der Waals surface area contributed by atoms with Gasteiger partial charge in [0.05, 0.1) is 5.56 Å². The molecule has 4 nitrogen and oxygen atoms in total. The molecule has 110 valence electrons. The second-order valence-corrected chi connectivity index (χ2v) is 5.03. The number of rotatable bonds is 3. The average molecular weight is 288 g/mol. The fourth-order valence-corrected chi connectivity index (χ4v) is 2.16. The van der Waals surface area contributed by atoms with Crippen LogP contribution in [0.3, 0.4) is 0 Å². The Morgan fingerprint density at radius 2 is 2.05 bits per heavy atom. The van der Waals surface area contributed by atoms with Crippen LogP contribution in [0, 0.1) is 12.7 Å². The number of nitrogens with zero attached hydrogens (tertiary/aromatic N) is 1. The smallest absolute Gasteiger partial charge is 0.256 e. The Morgan fingerprint density at radius 1 is 1.33 bits per heavy atom. The van der Waals surface area contributed by atoms with Crippen molar-refractivity contribution < 1.29 is 14.3 Å². The number of phenols is 1. The van der Waals surface area contributed by atoms with Crippen molar-refractivity contribution in [3.05, 3.63) is 58.9 Å². The molecule has 0 saturated heterocycles. The number of anilines is 1. The molecule has 0 bridgehead atoms. The Kier molecular flexibility index (Phi) is 4.12. The summed E-state index contributed by atoms with van der Waals surface area (Å²) < 4.78 is 14.1. The predicted molar refractivity (Wildman–Crippen MR) is 79.5 cm³/mol. The Hall–Kier alpha value is -2.56. The molecule has 0 aromatic heterocycles. The molecule has 0 spiro atoms. The number of nitrogen functional groups attached to an aromatic ring is 1. The van der Waals surface area contributed by atoms with Gasteiger partial charge in [0, 0.05) is 19.3 Å². The normalized spacial score (nSPS) is 10.4. The zero-order chi connectivity index (χ0) is 15.6. The van der Waals surface area contributed by atoms with Crippen molar-refractivity contribution in [1.82, 2.24) is 4.90 Å². The molecular formula is C16H17FN2O2. The zero-order valence-corrected chi connectivity index (χ0v) is 11.9. The molecule has 3 N–H and O–H groups in total. The second kappa shape index (κ2) is 5.83. The number of nitrogens with two attached hydrogens (primary N) is 1. The topological polar surface area (TPSA) is 66.6 Å². The first-order valence-corrected chi connectivity index (χ1v) is 6.47. The van der Waals surface area contributed by atoms with Crippen molar-refractivity contribution in [2.24, 2.45) is 0 Å². The van der Waals surface area contributed by atoms with Gasteiger partial charge in [0.15, 0.2) is 0 Å². The maximum Gasteiger partial charge on any atom is 0.256 e. The number of phenolic OH excluding ortho intramolecular Hbond substituents is 1. The minimum Gasteiger partial charge on any atom is -0.508 e. The van der Waals surface area contributed by atoms with E-state index in [0.717, 1.165) is 5.56 Å². The fraction of sp³-hybridized carbons (Fsp3) is 0.188. The number of benzene rings is 2. The van der Waals surface area contributed by atoms with Gasteiger partial charge >= 0.3 is 0 Å². The summed E-state index contributed by atoms with van der Waals surface area (Å²) in [6, 6.07) is 9.40. The van der Waals surface area contributed by atoms with E-state index >= 15 is 0 Å². The van der Waals surface area contributed by atoms with E-state index in [4.69, 9.17) is 5.73 Å². The number of aryl methyl sites for hydroxylation is 1. The standard InChI is InChI=1S/C16H17FN2O2/c1-10-6-12(18)8-14(15(10)17)16(21)19(2)9-11-4-3-5-13(20)7-11/h3-8,20H,9,18H2,1-2H3. The number of hydrogen-bond acceptors (Lipinski definition) is 3. The van der Waals surface area contributed by atoms with Crippen LogP contribution in [0.4, 0.5) is 10.1 Å². The van der Waals surface area contributed by atoms with Crippen LogP contribution < -0.4 is 5.73 Å². The van der Waals surface area contributed by atoms with E-state index in [1.165, 1.54) is 17.0 Å². The third kappa shape index (κ3) is 3.31. The molecule has 2 aromatic carbocycles. The van der Waals surface area contributed by atoms with Crippen molar-refractivity contribution in [2.75, 3.05) is 12.8 Å². The SMILES string of the molecule is Cc1cc(N)cc(C(=O)N(C)Cc2cccc(O)c2)c1F. The van der Waals surface area contributed by atoms with E-state index in [9.17, 15) is 14.3 Å². The highest BCUT2D eigenvalue weighted by atomic mass is 19.1. The molecule has 0 unspecified atom stereocenters. The van der Waals surface area contributed by atoms with E-state index < -0.39 is 11.7 Å². The fourth-order valence-electron chi connectivity index (χ4n) is 2.16. The van der Waals surface area contributed by atoms with E-state index in [1.807, 2.05) is 0 Å². The van der Waals surface area contributed by atoms with E-state index in [-0.39, 0.29) is 17.9 Å². The van der Waals surface area contributed by atoms with Crippen LogP contribution in [-0.2, 0) is 6.54 Å². The minimum absolute atomic E-state index is 0.0462. The second-order valence-electron chi connectivity index (χ2n) is 5.03. The number of aromatic hydroxyl groups is 1. The molecule has 0 aliphatic heterocycles. The number of amides is 1. The molecule has 0 saturated carbocycles. The first-order valence-electron chi connectivity index (χ1n) is 6.47. The molecular weight excluding hydrogens is 271 g/mol. The summed E-state index contributed by atoms with van der Waals surface area (Å²) in [6.07, 6.45) is 0. The Balaban J connectivity index is 2.24. The van der Waals surface area contributed by atoms with E-state index in [1.54, 1.807) is 38.2 Å². The maximum absolute atomic E-state index is 14.1. The van der Waals surface area contributed by atoms with Crippen LogP contribution >= 0.6 is 0 Å². The van der Waals surface area contributed by atoms with Gasteiger partial charge in [-0.25, -0.2) is 4.39 Å². The Bertz CT molecular complexity index is 686. The number of hydrogen-bond donors (Lipinski definition) is 2. The van der Waals surface area contributed by atoms with Gasteiger partial charge in [-0.05, 0) is 42.3 Å². The summed E-state index contributed by atoms with van der Waals surface area (Å²) in [5.74, 6) is -0.887. The lowest BCUT2D eigenvalue weighted by molar-refractivity contribution is 0.0780. The van der Waals surface area contributed by atoms with Crippen LogP contribution in [0.15, 0.2) is 36.4 Å². The Labute approximate surface area is 122 Å². The minimum atomic E-state index is -0.558. The highest BCUT2D eigenvalue weighted by molar-refractivity contribution is 5.95. The lowest BCUT2D eigenvalue weighted by Crippen LogP contribution is -2.27. The molecule has 0 aliphatic carbocycles. The molecule has 1 amide bonds. The van der Waals surface area contributed by atoms with Crippen molar-refractivity contribution in [2.45, 2.75) is 13.5 Å². The monoisotopic (exact) mass is 288 g/mol. The largest absolute Gasteiger partial charge is 0.508 e. The summed E-state index contributed by atoms with van der Waals surface area (Å²) in [7, 11) is 1.57. The van der Waals surface area contributed by atoms with Gasteiger partial charge in [-0.2, -0.15) is 0 Å². The number of carbonyl (C=O) groups excluding carboxylic acids is 1. The molecule has 2 rings (SSSR count). The Morgan fingerprint density at radius 3 is 2.71 bits per heavy atom. The van der Waals surface area contributed by atoms with Crippen LogP contribution in [0.5, 0.6) is 5.75 Å². The van der Waals surface area contributed by atoms with Gasteiger partial charge in [0.25, 0.3) is 5.91 Å². The van der Waals surface area contributed by atoms with Crippen molar-refractivity contribution >= 4 is 11.6 Å². The summed E-state index contributed by atoms with van der Waals surface area (Å²) in [6.45, 7) is 1.83. The van der Waals surface area contributed by atoms with Gasteiger partial charge in [-0.3, -0.25) is 4.79 Å². The van der Waals surface area contributed by atoms with Gasteiger partial charge in [0.2, 0.25) is 0 Å². The molecule has 0 radical (unpaired) electrons. The number of carbonyl (C=O) groups is 1. The highest BCUT2D eigenvalue weighted by Gasteiger charge is 2.18. The zero-order valence-electron chi connectivity index (χ0n) is 11.9. The van der Waals surface area contributed by atoms with Crippen LogP contribution in [-0.4, -0.2) is 23.0 Å². The first kappa shape index (κ1) is 14.8. The molecule has 5 heteroatoms. The van der Waals surface area contributed by atoms with Crippen LogP contribution in [0.2, 0.25) is 0 Å². The van der Waals surface area contributed by atoms with Gasteiger partial charge < -0.3 is 15.7 Å². The highest BCUT2D eigenvalue weighted by Crippen LogP contribution is 2.20. The molecule has 0 aliphatic rings. The molecule has 2 aromatic rings. The van der Waals surface area contributed by atoms with Gasteiger partial charge in [-0.15, -0.1) is 0 Å². The van der Waals surface area contributed by atoms with E-state index in [2.05, 4.69) is 0 Å². The van der Waals surface area contributed by atoms with E-state index in [0.29, 0.717) is 11.3 Å². The lowest BCUT2D eigenvalue weighted by atomic mass is 10.1. The van der Waals surface area contributed by atoms with Gasteiger partial charge in [0.1, 0.15) is 11.6 Å². The molecule has 0 fully saturated rings. The summed E-state index contributed by atoms with van der Waals surface area (Å²) in [5.41, 5.74) is 7.07. The quantitative estimate of drug-likeness (QED) is 0.853. The summed E-state index contributed by atoms with van der Waals surface area (Å²) in [4.78, 5) is 13.7. The maximum atomic E-state index is 14.1. The van der Waals surface area contributed by atoms with Crippen LogP contribution in [0.1, 0.15) is 21.5 Å². The summed E-state index contributed by atoms with van der Waals surface area (Å²) in [5, 5.41) is 9.42. The van der Waals surface area contributed by atoms with Crippen molar-refractivity contribution in [3.8, 4) is 5.75 Å². The number of halogens is 1. The van der Waals surface area contributed by atoms with Crippen molar-refractivity contribution in [3.63, 3.8) is 0 Å². The third-order valence-electron chi connectivity index (χ3n) is 3.18. The van der Waals surface area contributed by atoms with Crippen molar-refractivity contribution in [1.29, 1.82) is 0 Å². The summed E-state index contributed by atoms with van der Waals surface area (Å²) >= 11 is 0. The molecule has 0 atom stereocenters. The van der Waals surface area contributed by atoms with Crippen LogP contribution in [0.25, 0.3) is 0 Å². The molecule has 0 heterocycles.